The van der Waals surface area contributed by atoms with Crippen molar-refractivity contribution in [3.05, 3.63) is 34.9 Å². The molecule has 0 radical (unpaired) electrons. The molecule has 1 aliphatic heterocycles. The topological polar surface area (TPSA) is 29.1 Å². The zero-order valence-corrected chi connectivity index (χ0v) is 11.6. The van der Waals surface area contributed by atoms with Crippen molar-refractivity contribution >= 4 is 5.91 Å². The number of benzene rings is 1. The summed E-state index contributed by atoms with van der Waals surface area (Å²) in [4.78, 5) is 12.0. The van der Waals surface area contributed by atoms with Crippen LogP contribution in [0.15, 0.2) is 18.2 Å². The van der Waals surface area contributed by atoms with Gasteiger partial charge in [-0.2, -0.15) is 0 Å². The molecule has 1 aromatic rings. The van der Waals surface area contributed by atoms with E-state index < -0.39 is 0 Å². The monoisotopic (exact) mass is 245 g/mol. The van der Waals surface area contributed by atoms with Crippen LogP contribution >= 0.6 is 0 Å². The van der Waals surface area contributed by atoms with Gasteiger partial charge in [0.25, 0.3) is 5.91 Å². The standard InChI is InChI=1S/C16H23NO/c1-4-6-13-10-17-16(18)15-9-12(11(3)5-2)7-8-14(13)15/h7-9,11,13H,4-6,10H2,1-3H3,(H,17,18). The van der Waals surface area contributed by atoms with E-state index in [2.05, 4.69) is 44.3 Å². The molecule has 2 nitrogen and oxygen atoms in total. The summed E-state index contributed by atoms with van der Waals surface area (Å²) in [7, 11) is 0. The van der Waals surface area contributed by atoms with Gasteiger partial charge in [-0.1, -0.05) is 39.3 Å². The first-order valence-electron chi connectivity index (χ1n) is 7.09. The molecule has 0 aromatic heterocycles. The molecule has 1 aliphatic rings. The molecule has 1 amide bonds. The smallest absolute Gasteiger partial charge is 0.251 e. The third-order valence-electron chi connectivity index (χ3n) is 4.09. The summed E-state index contributed by atoms with van der Waals surface area (Å²) in [5.74, 6) is 1.12. The Bertz CT molecular complexity index is 439. The first-order valence-corrected chi connectivity index (χ1v) is 7.09. The molecular weight excluding hydrogens is 222 g/mol. The van der Waals surface area contributed by atoms with Crippen molar-refractivity contribution in [2.75, 3.05) is 6.54 Å². The Morgan fingerprint density at radius 3 is 2.83 bits per heavy atom. The molecular formula is C16H23NO. The predicted molar refractivity (Wildman–Crippen MR) is 75.1 cm³/mol. The fraction of sp³-hybridized carbons (Fsp3) is 0.562. The molecule has 0 spiro atoms. The summed E-state index contributed by atoms with van der Waals surface area (Å²) in [6.07, 6.45) is 3.42. The van der Waals surface area contributed by atoms with E-state index in [1.807, 2.05) is 0 Å². The number of fused-ring (bicyclic) bond motifs is 1. The van der Waals surface area contributed by atoms with Crippen molar-refractivity contribution in [3.63, 3.8) is 0 Å². The lowest BCUT2D eigenvalue weighted by atomic mass is 9.84. The molecule has 0 saturated heterocycles. The van der Waals surface area contributed by atoms with Crippen molar-refractivity contribution in [1.82, 2.24) is 5.32 Å². The summed E-state index contributed by atoms with van der Waals surface area (Å²) in [5, 5.41) is 3.02. The average molecular weight is 245 g/mol. The molecule has 2 rings (SSSR count). The van der Waals surface area contributed by atoms with Crippen LogP contribution in [0.3, 0.4) is 0 Å². The Hall–Kier alpha value is -1.31. The van der Waals surface area contributed by atoms with Crippen LogP contribution in [0.4, 0.5) is 0 Å². The van der Waals surface area contributed by atoms with Gasteiger partial charge in [0.05, 0.1) is 0 Å². The minimum Gasteiger partial charge on any atom is -0.351 e. The Balaban J connectivity index is 2.37. The summed E-state index contributed by atoms with van der Waals surface area (Å²) in [6.45, 7) is 7.39. The first kappa shape index (κ1) is 13.1. The third kappa shape index (κ3) is 2.43. The van der Waals surface area contributed by atoms with Gasteiger partial charge in [0.2, 0.25) is 0 Å². The molecule has 0 bridgehead atoms. The predicted octanol–water partition coefficient (Wildman–Crippen LogP) is 3.83. The highest BCUT2D eigenvalue weighted by Gasteiger charge is 2.25. The molecule has 0 aliphatic carbocycles. The maximum absolute atomic E-state index is 12.0. The SMILES string of the molecule is CCCC1CNC(=O)c2cc(C(C)CC)ccc21. The number of carbonyl (C=O) groups is 1. The Morgan fingerprint density at radius 2 is 2.17 bits per heavy atom. The van der Waals surface area contributed by atoms with E-state index in [4.69, 9.17) is 0 Å². The van der Waals surface area contributed by atoms with Gasteiger partial charge in [-0.3, -0.25) is 4.79 Å². The van der Waals surface area contributed by atoms with Crippen LogP contribution in [-0.2, 0) is 0 Å². The molecule has 2 atom stereocenters. The maximum Gasteiger partial charge on any atom is 0.251 e. The average Bonchev–Trinajstić information content (AvgIpc) is 2.41. The first-order chi connectivity index (χ1) is 8.67. The molecule has 18 heavy (non-hydrogen) atoms. The van der Waals surface area contributed by atoms with Crippen molar-refractivity contribution in [3.8, 4) is 0 Å². The molecule has 2 unspecified atom stereocenters. The normalized spacial score (nSPS) is 20.2. The van der Waals surface area contributed by atoms with Gasteiger partial charge in [0.1, 0.15) is 0 Å². The quantitative estimate of drug-likeness (QED) is 0.858. The fourth-order valence-electron chi connectivity index (χ4n) is 2.70. The summed E-state index contributed by atoms with van der Waals surface area (Å²) in [5.41, 5.74) is 3.42. The van der Waals surface area contributed by atoms with Crippen LogP contribution < -0.4 is 5.32 Å². The Kier molecular flexibility index (Phi) is 4.05. The van der Waals surface area contributed by atoms with Crippen molar-refractivity contribution in [2.24, 2.45) is 0 Å². The molecule has 1 N–H and O–H groups in total. The van der Waals surface area contributed by atoms with Crippen LogP contribution in [-0.4, -0.2) is 12.5 Å². The highest BCUT2D eigenvalue weighted by Crippen LogP contribution is 2.30. The second-order valence-electron chi connectivity index (χ2n) is 5.35. The number of amides is 1. The second kappa shape index (κ2) is 5.55. The van der Waals surface area contributed by atoms with Crippen molar-refractivity contribution in [2.45, 2.75) is 51.9 Å². The van der Waals surface area contributed by atoms with Crippen LogP contribution in [0.5, 0.6) is 0 Å². The number of hydrogen-bond acceptors (Lipinski definition) is 1. The van der Waals surface area contributed by atoms with Gasteiger partial charge < -0.3 is 5.32 Å². The second-order valence-corrected chi connectivity index (χ2v) is 5.35. The van der Waals surface area contributed by atoms with Gasteiger partial charge in [-0.25, -0.2) is 0 Å². The lowest BCUT2D eigenvalue weighted by Gasteiger charge is -2.26. The van der Waals surface area contributed by atoms with Gasteiger partial charge >= 0.3 is 0 Å². The van der Waals surface area contributed by atoms with Crippen LogP contribution in [0, 0.1) is 0 Å². The Morgan fingerprint density at radius 1 is 1.39 bits per heavy atom. The van der Waals surface area contributed by atoms with E-state index in [1.54, 1.807) is 0 Å². The molecule has 2 heteroatoms. The molecule has 1 aromatic carbocycles. The van der Waals surface area contributed by atoms with E-state index >= 15 is 0 Å². The lowest BCUT2D eigenvalue weighted by Crippen LogP contribution is -2.35. The minimum absolute atomic E-state index is 0.0995. The van der Waals surface area contributed by atoms with Crippen LogP contribution in [0.25, 0.3) is 0 Å². The minimum atomic E-state index is 0.0995. The Labute approximate surface area is 110 Å². The van der Waals surface area contributed by atoms with Gasteiger partial charge in [0.15, 0.2) is 0 Å². The summed E-state index contributed by atoms with van der Waals surface area (Å²) < 4.78 is 0. The lowest BCUT2D eigenvalue weighted by molar-refractivity contribution is 0.0939. The van der Waals surface area contributed by atoms with E-state index in [1.165, 1.54) is 11.1 Å². The fourth-order valence-corrected chi connectivity index (χ4v) is 2.70. The van der Waals surface area contributed by atoms with Gasteiger partial charge in [0, 0.05) is 18.0 Å². The molecule has 0 saturated carbocycles. The molecule has 1 heterocycles. The highest BCUT2D eigenvalue weighted by atomic mass is 16.1. The van der Waals surface area contributed by atoms with Crippen molar-refractivity contribution in [1.29, 1.82) is 0 Å². The summed E-state index contributed by atoms with van der Waals surface area (Å²) in [6, 6.07) is 6.48. The number of hydrogen-bond donors (Lipinski definition) is 1. The number of rotatable bonds is 4. The third-order valence-corrected chi connectivity index (χ3v) is 4.09. The van der Waals surface area contributed by atoms with Gasteiger partial charge in [-0.05, 0) is 36.0 Å². The highest BCUT2D eigenvalue weighted by molar-refractivity contribution is 5.97. The van der Waals surface area contributed by atoms with E-state index in [0.717, 1.165) is 31.4 Å². The van der Waals surface area contributed by atoms with Crippen molar-refractivity contribution < 1.29 is 4.79 Å². The number of carbonyl (C=O) groups excluding carboxylic acids is 1. The number of nitrogens with one attached hydrogen (secondary N) is 1. The summed E-state index contributed by atoms with van der Waals surface area (Å²) >= 11 is 0. The van der Waals surface area contributed by atoms with E-state index in [9.17, 15) is 4.79 Å². The molecule has 0 fully saturated rings. The maximum atomic E-state index is 12.0. The van der Waals surface area contributed by atoms with Crippen LogP contribution in [0.1, 0.15) is 73.4 Å². The van der Waals surface area contributed by atoms with E-state index in [-0.39, 0.29) is 5.91 Å². The van der Waals surface area contributed by atoms with Crippen LogP contribution in [0.2, 0.25) is 0 Å². The molecule has 98 valence electrons. The zero-order valence-electron chi connectivity index (χ0n) is 11.6. The van der Waals surface area contributed by atoms with Gasteiger partial charge in [-0.15, -0.1) is 0 Å². The van der Waals surface area contributed by atoms with E-state index in [0.29, 0.717) is 11.8 Å². The largest absolute Gasteiger partial charge is 0.351 e. The zero-order chi connectivity index (χ0) is 13.1.